The molecule has 0 unspecified atom stereocenters. The third-order valence-corrected chi connectivity index (χ3v) is 2.21. The molecular weight excluding hydrogens is 212 g/mol. The van der Waals surface area contributed by atoms with Gasteiger partial charge >= 0.3 is 0 Å². The van der Waals surface area contributed by atoms with E-state index in [0.29, 0.717) is 0 Å². The van der Waals surface area contributed by atoms with Crippen molar-refractivity contribution in [1.82, 2.24) is 5.16 Å². The molecule has 0 radical (unpaired) electrons. The van der Waals surface area contributed by atoms with Crippen molar-refractivity contribution in [2.45, 2.75) is 13.8 Å². The van der Waals surface area contributed by atoms with Crippen LogP contribution >= 0.6 is 12.4 Å². The van der Waals surface area contributed by atoms with Crippen LogP contribution in [0.15, 0.2) is 28.8 Å². The molecule has 2 N–H and O–H groups in total. The summed E-state index contributed by atoms with van der Waals surface area (Å²) >= 11 is 0. The Balaban J connectivity index is 0.00000112. The van der Waals surface area contributed by atoms with Crippen LogP contribution in [0.5, 0.6) is 0 Å². The average molecular weight is 225 g/mol. The molecule has 0 saturated carbocycles. The van der Waals surface area contributed by atoms with Gasteiger partial charge in [0.25, 0.3) is 0 Å². The Hall–Kier alpha value is -1.48. The van der Waals surface area contributed by atoms with E-state index < -0.39 is 0 Å². The molecule has 0 atom stereocenters. The second-order valence-corrected chi connectivity index (χ2v) is 3.32. The molecule has 80 valence electrons. The minimum atomic E-state index is 0. The van der Waals surface area contributed by atoms with Crippen molar-refractivity contribution in [2.24, 2.45) is 0 Å². The number of anilines is 1. The molecule has 0 fully saturated rings. The number of nitrogens with two attached hydrogens (primary N) is 1. The monoisotopic (exact) mass is 224 g/mol. The van der Waals surface area contributed by atoms with Crippen LogP contribution in [0.2, 0.25) is 0 Å². The fourth-order valence-electron chi connectivity index (χ4n) is 1.59. The number of rotatable bonds is 1. The molecule has 1 aromatic carbocycles. The first kappa shape index (κ1) is 11.6. The highest BCUT2D eigenvalue weighted by atomic mass is 35.5. The lowest BCUT2D eigenvalue weighted by Crippen LogP contribution is -1.86. The van der Waals surface area contributed by atoms with Gasteiger partial charge in [-0.05, 0) is 31.5 Å². The van der Waals surface area contributed by atoms with Crippen molar-refractivity contribution in [3.63, 3.8) is 0 Å². The summed E-state index contributed by atoms with van der Waals surface area (Å²) in [6.07, 6.45) is 0. The standard InChI is InChI=1S/C11H12N2O.ClH/c1-7-11(8(2)14-13-7)9-4-3-5-10(12)6-9;/h3-6H,12H2,1-2H3;1H. The third-order valence-electron chi connectivity index (χ3n) is 2.21. The van der Waals surface area contributed by atoms with Crippen LogP contribution in [0.4, 0.5) is 5.69 Å². The van der Waals surface area contributed by atoms with Crippen LogP contribution in [0.1, 0.15) is 11.5 Å². The summed E-state index contributed by atoms with van der Waals surface area (Å²) in [5.74, 6) is 0.827. The van der Waals surface area contributed by atoms with E-state index in [4.69, 9.17) is 10.3 Å². The molecule has 3 nitrogen and oxygen atoms in total. The van der Waals surface area contributed by atoms with Crippen molar-refractivity contribution in [1.29, 1.82) is 0 Å². The molecule has 2 rings (SSSR count). The van der Waals surface area contributed by atoms with Crippen LogP contribution in [0.25, 0.3) is 11.1 Å². The van der Waals surface area contributed by atoms with Gasteiger partial charge in [-0.15, -0.1) is 12.4 Å². The number of benzene rings is 1. The van der Waals surface area contributed by atoms with Crippen LogP contribution in [0.3, 0.4) is 0 Å². The Labute approximate surface area is 94.7 Å². The summed E-state index contributed by atoms with van der Waals surface area (Å²) < 4.78 is 5.10. The fraction of sp³-hybridized carbons (Fsp3) is 0.182. The molecule has 0 amide bonds. The molecule has 1 heterocycles. The first-order valence-electron chi connectivity index (χ1n) is 4.47. The highest BCUT2D eigenvalue weighted by Gasteiger charge is 2.10. The summed E-state index contributed by atoms with van der Waals surface area (Å²) in [4.78, 5) is 0. The number of nitrogen functional groups attached to an aromatic ring is 1. The molecular formula is C11H13ClN2O. The molecule has 0 bridgehead atoms. The summed E-state index contributed by atoms with van der Waals surface area (Å²) in [5, 5.41) is 3.91. The lowest BCUT2D eigenvalue weighted by atomic mass is 10.0. The van der Waals surface area contributed by atoms with Gasteiger partial charge in [-0.1, -0.05) is 17.3 Å². The SMILES string of the molecule is Cc1noc(C)c1-c1cccc(N)c1.Cl. The average Bonchev–Trinajstić information content (AvgIpc) is 2.46. The Bertz CT molecular complexity index is 446. The van der Waals surface area contributed by atoms with Gasteiger partial charge < -0.3 is 10.3 Å². The van der Waals surface area contributed by atoms with Gasteiger partial charge in [0.2, 0.25) is 0 Å². The van der Waals surface area contributed by atoms with Gasteiger partial charge in [0.15, 0.2) is 0 Å². The van der Waals surface area contributed by atoms with E-state index in [-0.39, 0.29) is 12.4 Å². The molecule has 15 heavy (non-hydrogen) atoms. The molecule has 0 saturated heterocycles. The normalized spacial score (nSPS) is 9.73. The van der Waals surface area contributed by atoms with E-state index in [2.05, 4.69) is 5.16 Å². The maximum absolute atomic E-state index is 5.71. The van der Waals surface area contributed by atoms with Gasteiger partial charge in [0.1, 0.15) is 5.76 Å². The molecule has 0 spiro atoms. The molecule has 2 aromatic rings. The first-order chi connectivity index (χ1) is 6.68. The summed E-state index contributed by atoms with van der Waals surface area (Å²) in [6.45, 7) is 3.83. The number of hydrogen-bond donors (Lipinski definition) is 1. The zero-order chi connectivity index (χ0) is 10.1. The topological polar surface area (TPSA) is 52.0 Å². The second-order valence-electron chi connectivity index (χ2n) is 3.32. The lowest BCUT2D eigenvalue weighted by molar-refractivity contribution is 0.393. The van der Waals surface area contributed by atoms with Crippen LogP contribution in [-0.2, 0) is 0 Å². The van der Waals surface area contributed by atoms with Crippen molar-refractivity contribution in [3.8, 4) is 11.1 Å². The minimum absolute atomic E-state index is 0. The van der Waals surface area contributed by atoms with E-state index in [1.165, 1.54) is 0 Å². The van der Waals surface area contributed by atoms with Gasteiger partial charge in [0, 0.05) is 11.3 Å². The highest BCUT2D eigenvalue weighted by Crippen LogP contribution is 2.27. The van der Waals surface area contributed by atoms with E-state index >= 15 is 0 Å². The third kappa shape index (κ3) is 2.13. The van der Waals surface area contributed by atoms with Crippen LogP contribution in [0, 0.1) is 13.8 Å². The highest BCUT2D eigenvalue weighted by molar-refractivity contribution is 5.85. The quantitative estimate of drug-likeness (QED) is 0.758. The van der Waals surface area contributed by atoms with Crippen molar-refractivity contribution < 1.29 is 4.52 Å². The van der Waals surface area contributed by atoms with Crippen LogP contribution in [-0.4, -0.2) is 5.16 Å². The molecule has 0 aliphatic heterocycles. The predicted molar refractivity (Wildman–Crippen MR) is 63.1 cm³/mol. The van der Waals surface area contributed by atoms with Gasteiger partial charge in [0.05, 0.1) is 5.69 Å². The Morgan fingerprint density at radius 1 is 1.27 bits per heavy atom. The maximum Gasteiger partial charge on any atom is 0.141 e. The Morgan fingerprint density at radius 3 is 2.53 bits per heavy atom. The number of halogens is 1. The van der Waals surface area contributed by atoms with E-state index in [1.54, 1.807) is 0 Å². The molecule has 0 aliphatic carbocycles. The number of hydrogen-bond acceptors (Lipinski definition) is 3. The smallest absolute Gasteiger partial charge is 0.141 e. The zero-order valence-corrected chi connectivity index (χ0v) is 9.47. The predicted octanol–water partition coefficient (Wildman–Crippen LogP) is 2.96. The van der Waals surface area contributed by atoms with Gasteiger partial charge in [-0.3, -0.25) is 0 Å². The summed E-state index contributed by atoms with van der Waals surface area (Å²) in [7, 11) is 0. The Kier molecular flexibility index (Phi) is 3.37. The number of aromatic nitrogens is 1. The van der Waals surface area contributed by atoms with E-state index in [1.807, 2.05) is 38.1 Å². The van der Waals surface area contributed by atoms with E-state index in [9.17, 15) is 0 Å². The number of nitrogens with zero attached hydrogens (tertiary/aromatic N) is 1. The Morgan fingerprint density at radius 2 is 2.00 bits per heavy atom. The molecule has 4 heteroatoms. The van der Waals surface area contributed by atoms with Gasteiger partial charge in [-0.25, -0.2) is 0 Å². The van der Waals surface area contributed by atoms with Crippen molar-refractivity contribution >= 4 is 18.1 Å². The lowest BCUT2D eigenvalue weighted by Gasteiger charge is -2.00. The zero-order valence-electron chi connectivity index (χ0n) is 8.65. The van der Waals surface area contributed by atoms with Crippen molar-refractivity contribution in [2.75, 3.05) is 5.73 Å². The van der Waals surface area contributed by atoms with Crippen molar-refractivity contribution in [3.05, 3.63) is 35.7 Å². The largest absolute Gasteiger partial charge is 0.399 e. The first-order valence-corrected chi connectivity index (χ1v) is 4.47. The summed E-state index contributed by atoms with van der Waals surface area (Å²) in [5.41, 5.74) is 9.46. The van der Waals surface area contributed by atoms with E-state index in [0.717, 1.165) is 28.3 Å². The fourth-order valence-corrected chi connectivity index (χ4v) is 1.59. The van der Waals surface area contributed by atoms with Gasteiger partial charge in [-0.2, -0.15) is 0 Å². The summed E-state index contributed by atoms with van der Waals surface area (Å²) in [6, 6.07) is 7.72. The minimum Gasteiger partial charge on any atom is -0.399 e. The van der Waals surface area contributed by atoms with Crippen LogP contribution < -0.4 is 5.73 Å². The second kappa shape index (κ2) is 4.36. The molecule has 1 aromatic heterocycles. The maximum atomic E-state index is 5.71. The number of aryl methyl sites for hydroxylation is 2. The molecule has 0 aliphatic rings.